The summed E-state index contributed by atoms with van der Waals surface area (Å²) in [6.45, 7) is 12.8. The van der Waals surface area contributed by atoms with Crippen LogP contribution in [0.5, 0.6) is 0 Å². The molecule has 0 bridgehead atoms. The summed E-state index contributed by atoms with van der Waals surface area (Å²) in [6, 6.07) is 8.68. The van der Waals surface area contributed by atoms with Crippen molar-refractivity contribution in [2.24, 2.45) is 4.99 Å². The maximum absolute atomic E-state index is 4.74. The van der Waals surface area contributed by atoms with Crippen molar-refractivity contribution in [2.75, 3.05) is 20.1 Å². The first kappa shape index (κ1) is 21.4. The molecule has 2 rings (SSSR count). The average Bonchev–Trinajstić information content (AvgIpc) is 3.13. The van der Waals surface area contributed by atoms with Crippen LogP contribution in [0.3, 0.4) is 0 Å². The van der Waals surface area contributed by atoms with Gasteiger partial charge < -0.3 is 15.5 Å². The van der Waals surface area contributed by atoms with Crippen LogP contribution in [0.15, 0.2) is 34.6 Å². The van der Waals surface area contributed by atoms with E-state index in [-0.39, 0.29) is 0 Å². The minimum Gasteiger partial charge on any atom is -0.357 e. The summed E-state index contributed by atoms with van der Waals surface area (Å²) >= 11 is 1.70. The van der Waals surface area contributed by atoms with Crippen molar-refractivity contribution in [3.05, 3.63) is 51.5 Å². The highest BCUT2D eigenvalue weighted by atomic mass is 32.1. The Bertz CT molecular complexity index is 723. The molecule has 0 saturated carbocycles. The van der Waals surface area contributed by atoms with E-state index in [0.29, 0.717) is 19.0 Å². The summed E-state index contributed by atoms with van der Waals surface area (Å²) in [5.74, 6) is 1.30. The molecule has 1 aromatic heterocycles. The molecular weight excluding hydrogens is 354 g/mol. The minimum absolute atomic E-state index is 0.468. The molecule has 0 radical (unpaired) electrons. The third-order valence-corrected chi connectivity index (χ3v) is 5.18. The third-order valence-electron chi connectivity index (χ3n) is 4.32. The summed E-state index contributed by atoms with van der Waals surface area (Å²) < 4.78 is 0. The predicted octanol–water partition coefficient (Wildman–Crippen LogP) is 3.97. The Kier molecular flexibility index (Phi) is 8.75. The molecular formula is C21H33N5S. The number of guanidine groups is 1. The molecule has 5 nitrogen and oxygen atoms in total. The molecule has 0 amide bonds. The Balaban J connectivity index is 1.96. The fraction of sp³-hybridized carbons (Fsp3) is 0.524. The summed E-state index contributed by atoms with van der Waals surface area (Å²) in [6.07, 6.45) is 0. The lowest BCUT2D eigenvalue weighted by Crippen LogP contribution is -2.36. The molecule has 0 saturated heterocycles. The molecule has 2 aromatic rings. The fourth-order valence-electron chi connectivity index (χ4n) is 2.59. The maximum Gasteiger partial charge on any atom is 0.191 e. The van der Waals surface area contributed by atoms with E-state index in [4.69, 9.17) is 4.99 Å². The highest BCUT2D eigenvalue weighted by Gasteiger charge is 2.06. The lowest BCUT2D eigenvalue weighted by Gasteiger charge is -2.14. The number of nitrogens with one attached hydrogen (secondary N) is 2. The van der Waals surface area contributed by atoms with Crippen LogP contribution in [-0.2, 0) is 19.6 Å². The van der Waals surface area contributed by atoms with Gasteiger partial charge in [0.2, 0.25) is 0 Å². The van der Waals surface area contributed by atoms with E-state index in [0.717, 1.165) is 36.3 Å². The van der Waals surface area contributed by atoms with Crippen molar-refractivity contribution in [2.45, 2.75) is 53.2 Å². The summed E-state index contributed by atoms with van der Waals surface area (Å²) in [5.41, 5.74) is 3.71. The van der Waals surface area contributed by atoms with Gasteiger partial charge in [0.25, 0.3) is 0 Å². The minimum atomic E-state index is 0.468. The second kappa shape index (κ2) is 11.0. The zero-order valence-electron chi connectivity index (χ0n) is 17.2. The molecule has 27 heavy (non-hydrogen) atoms. The average molecular weight is 388 g/mol. The second-order valence-electron chi connectivity index (χ2n) is 7.02. The Morgan fingerprint density at radius 3 is 2.67 bits per heavy atom. The quantitative estimate of drug-likeness (QED) is 0.505. The van der Waals surface area contributed by atoms with E-state index in [2.05, 4.69) is 84.9 Å². The summed E-state index contributed by atoms with van der Waals surface area (Å²) in [7, 11) is 2.14. The van der Waals surface area contributed by atoms with Gasteiger partial charge in [0, 0.05) is 18.5 Å². The van der Waals surface area contributed by atoms with Crippen molar-refractivity contribution in [1.29, 1.82) is 0 Å². The molecule has 1 heterocycles. The Labute approximate surface area is 167 Å². The van der Waals surface area contributed by atoms with Crippen LogP contribution in [0.4, 0.5) is 0 Å². The van der Waals surface area contributed by atoms with Crippen LogP contribution in [0.25, 0.3) is 0 Å². The smallest absolute Gasteiger partial charge is 0.191 e. The van der Waals surface area contributed by atoms with E-state index in [1.54, 1.807) is 11.3 Å². The maximum atomic E-state index is 4.74. The first-order valence-electron chi connectivity index (χ1n) is 9.74. The molecule has 0 aliphatic rings. The van der Waals surface area contributed by atoms with Crippen LogP contribution < -0.4 is 10.6 Å². The number of hydrogen-bond donors (Lipinski definition) is 2. The lowest BCUT2D eigenvalue weighted by molar-refractivity contribution is 0.345. The Morgan fingerprint density at radius 2 is 2.00 bits per heavy atom. The normalized spacial score (nSPS) is 12.0. The van der Waals surface area contributed by atoms with Gasteiger partial charge in [-0.1, -0.05) is 45.0 Å². The number of hydrogen-bond acceptors (Lipinski definition) is 4. The lowest BCUT2D eigenvalue weighted by atomic mass is 10.1. The SMILES string of the molecule is CCNC(=NCc1cccc(CN(C)CC)c1)NCc1nc(C(C)C)cs1. The van der Waals surface area contributed by atoms with E-state index in [1.807, 2.05) is 0 Å². The Morgan fingerprint density at radius 1 is 1.22 bits per heavy atom. The molecule has 0 aliphatic carbocycles. The van der Waals surface area contributed by atoms with Crippen LogP contribution in [-0.4, -0.2) is 36.0 Å². The molecule has 2 N–H and O–H groups in total. The largest absolute Gasteiger partial charge is 0.357 e. The fourth-order valence-corrected chi connectivity index (χ4v) is 3.49. The highest BCUT2D eigenvalue weighted by molar-refractivity contribution is 7.09. The van der Waals surface area contributed by atoms with Gasteiger partial charge in [-0.2, -0.15) is 0 Å². The zero-order chi connectivity index (χ0) is 19.6. The molecule has 6 heteroatoms. The van der Waals surface area contributed by atoms with Crippen molar-refractivity contribution < 1.29 is 0 Å². The molecule has 0 unspecified atom stereocenters. The van der Waals surface area contributed by atoms with Crippen molar-refractivity contribution in [3.63, 3.8) is 0 Å². The van der Waals surface area contributed by atoms with Crippen molar-refractivity contribution >= 4 is 17.3 Å². The second-order valence-corrected chi connectivity index (χ2v) is 7.96. The van der Waals surface area contributed by atoms with Crippen LogP contribution >= 0.6 is 11.3 Å². The van der Waals surface area contributed by atoms with Gasteiger partial charge in [0.1, 0.15) is 5.01 Å². The number of benzene rings is 1. The van der Waals surface area contributed by atoms with E-state index in [9.17, 15) is 0 Å². The molecule has 1 aromatic carbocycles. The first-order valence-corrected chi connectivity index (χ1v) is 10.6. The van der Waals surface area contributed by atoms with Gasteiger partial charge in [-0.15, -0.1) is 11.3 Å². The van der Waals surface area contributed by atoms with E-state index >= 15 is 0 Å². The monoisotopic (exact) mass is 387 g/mol. The van der Waals surface area contributed by atoms with Crippen LogP contribution in [0.2, 0.25) is 0 Å². The Hall–Kier alpha value is -1.92. The number of nitrogens with zero attached hydrogens (tertiary/aromatic N) is 3. The van der Waals surface area contributed by atoms with E-state index in [1.165, 1.54) is 11.1 Å². The number of aliphatic imine (C=N–C) groups is 1. The van der Waals surface area contributed by atoms with Crippen molar-refractivity contribution in [1.82, 2.24) is 20.5 Å². The van der Waals surface area contributed by atoms with Gasteiger partial charge >= 0.3 is 0 Å². The van der Waals surface area contributed by atoms with E-state index < -0.39 is 0 Å². The zero-order valence-corrected chi connectivity index (χ0v) is 18.1. The van der Waals surface area contributed by atoms with Gasteiger partial charge in [-0.25, -0.2) is 9.98 Å². The van der Waals surface area contributed by atoms with Crippen LogP contribution in [0, 0.1) is 0 Å². The van der Waals surface area contributed by atoms with Gasteiger partial charge in [-0.3, -0.25) is 0 Å². The topological polar surface area (TPSA) is 52.6 Å². The third kappa shape index (κ3) is 7.31. The highest BCUT2D eigenvalue weighted by Crippen LogP contribution is 2.17. The molecule has 0 spiro atoms. The van der Waals surface area contributed by atoms with Crippen molar-refractivity contribution in [3.8, 4) is 0 Å². The molecule has 0 atom stereocenters. The van der Waals surface area contributed by atoms with Gasteiger partial charge in [0.15, 0.2) is 5.96 Å². The van der Waals surface area contributed by atoms with Crippen LogP contribution in [0.1, 0.15) is 55.4 Å². The molecule has 0 fully saturated rings. The summed E-state index contributed by atoms with van der Waals surface area (Å²) in [5, 5.41) is 9.95. The number of rotatable bonds is 9. The summed E-state index contributed by atoms with van der Waals surface area (Å²) in [4.78, 5) is 11.7. The van der Waals surface area contributed by atoms with Gasteiger partial charge in [0.05, 0.1) is 18.8 Å². The standard InChI is InChI=1S/C21H33N5S/c1-6-22-21(24-13-20-25-19(15-27-20)16(3)4)23-12-17-9-8-10-18(11-17)14-26(5)7-2/h8-11,15-16H,6-7,12-14H2,1-5H3,(H2,22,23,24). The molecule has 148 valence electrons. The number of thiazole rings is 1. The number of aromatic nitrogens is 1. The molecule has 0 aliphatic heterocycles. The van der Waals surface area contributed by atoms with Gasteiger partial charge in [-0.05, 0) is 37.6 Å². The predicted molar refractivity (Wildman–Crippen MR) is 116 cm³/mol. The first-order chi connectivity index (χ1) is 13.0.